The minimum atomic E-state index is 0.605. The highest BCUT2D eigenvalue weighted by Gasteiger charge is 2.10. The van der Waals surface area contributed by atoms with Crippen LogP contribution in [-0.4, -0.2) is 11.4 Å². The summed E-state index contributed by atoms with van der Waals surface area (Å²) in [4.78, 5) is 10.2. The molecule has 0 fully saturated rings. The van der Waals surface area contributed by atoms with Crippen molar-refractivity contribution in [1.29, 1.82) is 0 Å². The number of nitrogens with zero attached hydrogens (tertiary/aromatic N) is 2. The second kappa shape index (κ2) is 10.7. The van der Waals surface area contributed by atoms with Gasteiger partial charge in [-0.15, -0.1) is 8.19 Å². The van der Waals surface area contributed by atoms with Gasteiger partial charge in [-0.3, -0.25) is 9.98 Å². The molecule has 0 spiro atoms. The van der Waals surface area contributed by atoms with E-state index in [-0.39, 0.29) is 0 Å². The van der Waals surface area contributed by atoms with E-state index in [4.69, 9.17) is 9.98 Å². The average Bonchev–Trinajstić information content (AvgIpc) is 3.30. The molecule has 3 heteroatoms. The van der Waals surface area contributed by atoms with Gasteiger partial charge in [0.15, 0.2) is 0 Å². The summed E-state index contributed by atoms with van der Waals surface area (Å²) in [5, 5.41) is 2.63. The van der Waals surface area contributed by atoms with Gasteiger partial charge in [0.2, 0.25) is 0 Å². The molecule has 0 aliphatic rings. The maximum atomic E-state index is 5.10. The zero-order valence-electron chi connectivity index (χ0n) is 19.8. The Morgan fingerprint density at radius 1 is 0.581 bits per heavy atom. The molecule has 0 amide bonds. The van der Waals surface area contributed by atoms with Crippen LogP contribution in [0.5, 0.6) is 0 Å². The number of benzene rings is 2. The van der Waals surface area contributed by atoms with Crippen molar-refractivity contribution < 1.29 is 0 Å². The van der Waals surface area contributed by atoms with Crippen LogP contribution < -0.4 is 0 Å². The summed E-state index contributed by atoms with van der Waals surface area (Å²) in [6, 6.07) is 17.6. The van der Waals surface area contributed by atoms with Crippen LogP contribution in [0.2, 0.25) is 0 Å². The summed E-state index contributed by atoms with van der Waals surface area (Å²) in [6.07, 6.45) is 4.03. The van der Waals surface area contributed by atoms with Crippen LogP contribution in [0.1, 0.15) is 74.4 Å². The van der Waals surface area contributed by atoms with Crippen LogP contribution in [0.15, 0.2) is 58.5 Å². The Hall–Kier alpha value is -2.44. The van der Waals surface area contributed by atoms with E-state index in [1.165, 1.54) is 44.2 Å². The molecule has 2 aromatic carbocycles. The predicted molar refractivity (Wildman–Crippen MR) is 140 cm³/mol. The third kappa shape index (κ3) is 5.25. The van der Waals surface area contributed by atoms with Crippen molar-refractivity contribution in [2.24, 2.45) is 9.98 Å². The van der Waals surface area contributed by atoms with E-state index >= 15 is 0 Å². The van der Waals surface area contributed by atoms with Gasteiger partial charge in [0, 0.05) is 22.0 Å². The fraction of sp³-hybridized carbons (Fsp3) is 0.357. The smallest absolute Gasteiger partial charge is 0.0696 e. The highest BCUT2D eigenvalue weighted by atomic mass is 31.0. The summed E-state index contributed by atoms with van der Waals surface area (Å²) >= 11 is 0. The monoisotopic (exact) mass is 430 g/mol. The minimum absolute atomic E-state index is 0.605. The van der Waals surface area contributed by atoms with Gasteiger partial charge in [0.25, 0.3) is 0 Å². The van der Waals surface area contributed by atoms with E-state index < -0.39 is 0 Å². The van der Waals surface area contributed by atoms with Gasteiger partial charge in [0.1, 0.15) is 0 Å². The molecule has 0 aliphatic carbocycles. The van der Waals surface area contributed by atoms with Crippen molar-refractivity contribution in [1.82, 2.24) is 0 Å². The van der Waals surface area contributed by atoms with Crippen LogP contribution in [-0.2, 0) is 25.7 Å². The molecule has 0 bridgehead atoms. The van der Waals surface area contributed by atoms with Gasteiger partial charge in [-0.05, 0) is 73.9 Å². The second-order valence-corrected chi connectivity index (χ2v) is 9.27. The molecule has 31 heavy (non-hydrogen) atoms. The van der Waals surface area contributed by atoms with E-state index in [2.05, 4.69) is 90.1 Å². The molecule has 0 saturated heterocycles. The lowest BCUT2D eigenvalue weighted by atomic mass is 10.0. The Kier molecular flexibility index (Phi) is 8.04. The van der Waals surface area contributed by atoms with E-state index in [0.717, 1.165) is 37.1 Å². The first-order valence-electron chi connectivity index (χ1n) is 11.5. The molecule has 1 aromatic heterocycles. The van der Waals surface area contributed by atoms with Crippen molar-refractivity contribution in [3.8, 4) is 0 Å². The quantitative estimate of drug-likeness (QED) is 0.321. The first kappa shape index (κ1) is 23.2. The average molecular weight is 431 g/mol. The highest BCUT2D eigenvalue weighted by Crippen LogP contribution is 2.32. The first-order chi connectivity index (χ1) is 15.0. The van der Waals surface area contributed by atoms with Crippen LogP contribution in [0.25, 0.3) is 0 Å². The largest absolute Gasteiger partial charge is 0.252 e. The Morgan fingerprint density at radius 3 is 1.19 bits per heavy atom. The lowest BCUT2D eigenvalue weighted by Crippen LogP contribution is -1.94. The Labute approximate surface area is 189 Å². The maximum absolute atomic E-state index is 5.10. The Balaban J connectivity index is 1.96. The van der Waals surface area contributed by atoms with Gasteiger partial charge >= 0.3 is 0 Å². The fourth-order valence-electron chi connectivity index (χ4n) is 3.99. The Bertz CT molecular complexity index is 971. The zero-order valence-corrected chi connectivity index (χ0v) is 20.8. The first-order valence-corrected chi connectivity index (χ1v) is 12.5. The molecule has 0 radical (unpaired) electrons. The maximum Gasteiger partial charge on any atom is 0.0696 e. The third-order valence-corrected chi connectivity index (χ3v) is 7.55. The van der Waals surface area contributed by atoms with E-state index in [0.29, 0.717) is 8.19 Å². The standard InChI is InChI=1S/C28H35N2P/c1-7-21-13-11-14-22(8-2)27(21)29-19(5)25-17-18-26(31-25)20(6)30-28-23(9-3)15-12-16-24(28)10-4/h11-18,31H,7-10H2,1-6H3. The van der Waals surface area contributed by atoms with Gasteiger partial charge in [-0.1, -0.05) is 64.1 Å². The Morgan fingerprint density at radius 2 is 0.903 bits per heavy atom. The molecule has 0 N–H and O–H groups in total. The molecule has 3 aromatic rings. The number of rotatable bonds is 8. The van der Waals surface area contributed by atoms with Gasteiger partial charge < -0.3 is 0 Å². The van der Waals surface area contributed by atoms with Crippen molar-refractivity contribution in [2.75, 3.05) is 0 Å². The number of aliphatic imine (C=N–C) groups is 2. The highest BCUT2D eigenvalue weighted by molar-refractivity contribution is 7.35. The number of aryl methyl sites for hydroxylation is 4. The normalized spacial score (nSPS) is 12.7. The topological polar surface area (TPSA) is 24.7 Å². The molecular formula is C28H35N2P. The number of para-hydroxylation sites is 2. The molecule has 2 nitrogen and oxygen atoms in total. The van der Waals surface area contributed by atoms with E-state index in [9.17, 15) is 0 Å². The van der Waals surface area contributed by atoms with Crippen molar-refractivity contribution >= 4 is 31.0 Å². The third-order valence-electron chi connectivity index (χ3n) is 5.95. The van der Waals surface area contributed by atoms with Crippen molar-refractivity contribution in [2.45, 2.75) is 67.2 Å². The summed E-state index contributed by atoms with van der Waals surface area (Å²) in [5.74, 6) is 0. The molecule has 162 valence electrons. The lowest BCUT2D eigenvalue weighted by molar-refractivity contribution is 1.08. The number of hydrogen-bond donors (Lipinski definition) is 0. The van der Waals surface area contributed by atoms with E-state index in [1.54, 1.807) is 0 Å². The summed E-state index contributed by atoms with van der Waals surface area (Å²) in [7, 11) is 0.605. The van der Waals surface area contributed by atoms with Crippen molar-refractivity contribution in [3.05, 3.63) is 81.4 Å². The molecular weight excluding hydrogens is 395 g/mol. The van der Waals surface area contributed by atoms with Gasteiger partial charge in [-0.2, -0.15) is 0 Å². The van der Waals surface area contributed by atoms with Gasteiger partial charge in [-0.25, -0.2) is 0 Å². The fourth-order valence-corrected chi connectivity index (χ4v) is 5.09. The molecule has 0 saturated carbocycles. The SMILES string of the molecule is CCc1cccc(CC)c1N=C(C)c1ccc(C(C)=Nc2c(CC)cccc2CC)[pH]1. The van der Waals surface area contributed by atoms with Gasteiger partial charge in [0.05, 0.1) is 11.4 Å². The second-order valence-electron chi connectivity index (χ2n) is 7.94. The lowest BCUT2D eigenvalue weighted by Gasteiger charge is -2.10. The summed E-state index contributed by atoms with van der Waals surface area (Å²) in [5.41, 5.74) is 9.89. The van der Waals surface area contributed by atoms with Crippen LogP contribution in [0.3, 0.4) is 0 Å². The molecule has 0 unspecified atom stereocenters. The van der Waals surface area contributed by atoms with Crippen LogP contribution >= 0.6 is 8.19 Å². The minimum Gasteiger partial charge on any atom is -0.252 e. The number of hydrogen-bond acceptors (Lipinski definition) is 2. The summed E-state index contributed by atoms with van der Waals surface area (Å²) < 4.78 is 0. The van der Waals surface area contributed by atoms with Crippen molar-refractivity contribution in [3.63, 3.8) is 0 Å². The van der Waals surface area contributed by atoms with Crippen LogP contribution in [0, 0.1) is 0 Å². The summed E-state index contributed by atoms with van der Waals surface area (Å²) in [6.45, 7) is 13.1. The van der Waals surface area contributed by atoms with Crippen LogP contribution in [0.4, 0.5) is 11.4 Å². The van der Waals surface area contributed by atoms with E-state index in [1.807, 2.05) is 0 Å². The molecule has 1 heterocycles. The molecule has 0 aliphatic heterocycles. The predicted octanol–water partition coefficient (Wildman–Crippen LogP) is 8.25. The zero-order chi connectivity index (χ0) is 22.4. The molecule has 0 atom stereocenters. The molecule has 3 rings (SSSR count).